The summed E-state index contributed by atoms with van der Waals surface area (Å²) in [5.41, 5.74) is 3.73. The van der Waals surface area contributed by atoms with Crippen LogP contribution in [0, 0.1) is 13.8 Å². The minimum absolute atomic E-state index is 0.0154. The van der Waals surface area contributed by atoms with Crippen LogP contribution in [0.1, 0.15) is 34.5 Å². The van der Waals surface area contributed by atoms with Gasteiger partial charge >= 0.3 is 0 Å². The molecule has 0 atom stereocenters. The van der Waals surface area contributed by atoms with E-state index >= 15 is 0 Å². The molecule has 0 bridgehead atoms. The topological polar surface area (TPSA) is 46.9 Å². The highest BCUT2D eigenvalue weighted by atomic mass is 16.1. The van der Waals surface area contributed by atoms with Crippen molar-refractivity contribution in [1.82, 2.24) is 15.1 Å². The summed E-state index contributed by atoms with van der Waals surface area (Å²) in [7, 11) is 0. The molecule has 3 rings (SSSR count). The van der Waals surface area contributed by atoms with Gasteiger partial charge in [0.15, 0.2) is 0 Å². The molecule has 0 radical (unpaired) electrons. The van der Waals surface area contributed by atoms with Gasteiger partial charge in [-0.1, -0.05) is 17.7 Å². The van der Waals surface area contributed by atoms with Crippen molar-refractivity contribution in [2.45, 2.75) is 32.7 Å². The monoisotopic (exact) mass is 255 g/mol. The van der Waals surface area contributed by atoms with Gasteiger partial charge in [0.2, 0.25) is 0 Å². The molecule has 1 aromatic heterocycles. The number of aromatic nitrogens is 2. The first-order chi connectivity index (χ1) is 9.15. The summed E-state index contributed by atoms with van der Waals surface area (Å²) < 4.78 is 1.81. The molecule has 19 heavy (non-hydrogen) atoms. The molecule has 1 aliphatic rings. The SMILES string of the molecule is Cc1ccc(-n2ncc(C(=O)NC3CC3)c2C)cc1. The molecule has 0 saturated heterocycles. The maximum Gasteiger partial charge on any atom is 0.254 e. The molecule has 4 nitrogen and oxygen atoms in total. The van der Waals surface area contributed by atoms with E-state index in [2.05, 4.69) is 10.4 Å². The van der Waals surface area contributed by atoms with Crippen LogP contribution in [0.15, 0.2) is 30.5 Å². The molecule has 2 aromatic rings. The molecular weight excluding hydrogens is 238 g/mol. The number of hydrogen-bond donors (Lipinski definition) is 1. The molecule has 1 fully saturated rings. The Morgan fingerprint density at radius 3 is 2.58 bits per heavy atom. The van der Waals surface area contributed by atoms with Crippen molar-refractivity contribution in [1.29, 1.82) is 0 Å². The molecule has 1 heterocycles. The predicted molar refractivity (Wildman–Crippen MR) is 73.5 cm³/mol. The van der Waals surface area contributed by atoms with Crippen molar-refractivity contribution in [3.63, 3.8) is 0 Å². The highest BCUT2D eigenvalue weighted by molar-refractivity contribution is 5.95. The van der Waals surface area contributed by atoms with Crippen molar-refractivity contribution < 1.29 is 4.79 Å². The number of hydrogen-bond acceptors (Lipinski definition) is 2. The third-order valence-electron chi connectivity index (χ3n) is 3.45. The Morgan fingerprint density at radius 2 is 1.95 bits per heavy atom. The van der Waals surface area contributed by atoms with E-state index in [1.54, 1.807) is 10.9 Å². The van der Waals surface area contributed by atoms with E-state index < -0.39 is 0 Å². The van der Waals surface area contributed by atoms with Crippen LogP contribution in [0.5, 0.6) is 0 Å². The smallest absolute Gasteiger partial charge is 0.254 e. The minimum Gasteiger partial charge on any atom is -0.349 e. The lowest BCUT2D eigenvalue weighted by atomic mass is 10.2. The Balaban J connectivity index is 1.89. The molecule has 1 saturated carbocycles. The lowest BCUT2D eigenvalue weighted by Gasteiger charge is -2.06. The number of carbonyl (C=O) groups excluding carboxylic acids is 1. The minimum atomic E-state index is -0.0154. The number of amides is 1. The summed E-state index contributed by atoms with van der Waals surface area (Å²) in [5, 5.41) is 7.31. The summed E-state index contributed by atoms with van der Waals surface area (Å²) in [5.74, 6) is -0.0154. The van der Waals surface area contributed by atoms with E-state index in [1.807, 2.05) is 38.1 Å². The molecule has 1 aliphatic carbocycles. The fourth-order valence-electron chi connectivity index (χ4n) is 2.07. The van der Waals surface area contributed by atoms with Crippen LogP contribution in [0.2, 0.25) is 0 Å². The fraction of sp³-hybridized carbons (Fsp3) is 0.333. The van der Waals surface area contributed by atoms with Gasteiger partial charge in [-0.15, -0.1) is 0 Å². The van der Waals surface area contributed by atoms with Crippen LogP contribution in [0.3, 0.4) is 0 Å². The maximum absolute atomic E-state index is 12.1. The highest BCUT2D eigenvalue weighted by Crippen LogP contribution is 2.20. The number of nitrogens with zero attached hydrogens (tertiary/aromatic N) is 2. The Labute approximate surface area is 112 Å². The zero-order valence-electron chi connectivity index (χ0n) is 11.2. The zero-order valence-corrected chi connectivity index (χ0v) is 11.2. The van der Waals surface area contributed by atoms with E-state index in [1.165, 1.54) is 5.56 Å². The molecular formula is C15H17N3O. The number of carbonyl (C=O) groups is 1. The predicted octanol–water partition coefficient (Wildman–Crippen LogP) is 2.38. The van der Waals surface area contributed by atoms with E-state index in [0.717, 1.165) is 24.2 Å². The van der Waals surface area contributed by atoms with Gasteiger partial charge in [0, 0.05) is 6.04 Å². The summed E-state index contributed by atoms with van der Waals surface area (Å²) in [4.78, 5) is 12.1. The second-order valence-corrected chi connectivity index (χ2v) is 5.14. The summed E-state index contributed by atoms with van der Waals surface area (Å²) >= 11 is 0. The van der Waals surface area contributed by atoms with Crippen LogP contribution in [-0.2, 0) is 0 Å². The van der Waals surface area contributed by atoms with Gasteiger partial charge < -0.3 is 5.32 Å². The van der Waals surface area contributed by atoms with Crippen LogP contribution in [0.4, 0.5) is 0 Å². The number of benzene rings is 1. The van der Waals surface area contributed by atoms with Crippen molar-refractivity contribution in [3.8, 4) is 5.69 Å². The fourth-order valence-corrected chi connectivity index (χ4v) is 2.07. The van der Waals surface area contributed by atoms with Crippen molar-refractivity contribution >= 4 is 5.91 Å². The van der Waals surface area contributed by atoms with Crippen LogP contribution in [-0.4, -0.2) is 21.7 Å². The summed E-state index contributed by atoms with van der Waals surface area (Å²) in [6.07, 6.45) is 3.83. The number of rotatable bonds is 3. The van der Waals surface area contributed by atoms with Crippen molar-refractivity contribution in [3.05, 3.63) is 47.3 Å². The Kier molecular flexibility index (Phi) is 2.85. The Bertz CT molecular complexity index is 609. The first kappa shape index (κ1) is 12.0. The van der Waals surface area contributed by atoms with Gasteiger partial charge in [-0.2, -0.15) is 5.10 Å². The first-order valence-electron chi connectivity index (χ1n) is 6.57. The molecule has 4 heteroatoms. The molecule has 0 aliphatic heterocycles. The molecule has 1 amide bonds. The van der Waals surface area contributed by atoms with Crippen LogP contribution >= 0.6 is 0 Å². The van der Waals surface area contributed by atoms with Crippen LogP contribution in [0.25, 0.3) is 5.69 Å². The zero-order chi connectivity index (χ0) is 13.4. The molecule has 0 unspecified atom stereocenters. The van der Waals surface area contributed by atoms with E-state index in [9.17, 15) is 4.79 Å². The van der Waals surface area contributed by atoms with Gasteiger partial charge in [0.25, 0.3) is 5.91 Å². The average molecular weight is 255 g/mol. The van der Waals surface area contributed by atoms with Gasteiger partial charge in [-0.25, -0.2) is 4.68 Å². The summed E-state index contributed by atoms with van der Waals surface area (Å²) in [6, 6.07) is 8.48. The Morgan fingerprint density at radius 1 is 1.26 bits per heavy atom. The third kappa shape index (κ3) is 2.38. The largest absolute Gasteiger partial charge is 0.349 e. The third-order valence-corrected chi connectivity index (χ3v) is 3.45. The van der Waals surface area contributed by atoms with E-state index in [4.69, 9.17) is 0 Å². The quantitative estimate of drug-likeness (QED) is 0.915. The van der Waals surface area contributed by atoms with Crippen LogP contribution < -0.4 is 5.32 Å². The van der Waals surface area contributed by atoms with Gasteiger partial charge in [-0.05, 0) is 38.8 Å². The van der Waals surface area contributed by atoms with Crippen molar-refractivity contribution in [2.24, 2.45) is 0 Å². The Hall–Kier alpha value is -2.10. The molecule has 0 spiro atoms. The number of nitrogens with one attached hydrogen (secondary N) is 1. The van der Waals surface area contributed by atoms with Crippen molar-refractivity contribution in [2.75, 3.05) is 0 Å². The standard InChI is InChI=1S/C15H17N3O/c1-10-3-7-13(8-4-10)18-11(2)14(9-16-18)15(19)17-12-5-6-12/h3-4,7-9,12H,5-6H2,1-2H3,(H,17,19). The summed E-state index contributed by atoms with van der Waals surface area (Å²) in [6.45, 7) is 3.98. The normalized spacial score (nSPS) is 14.4. The maximum atomic E-state index is 12.1. The lowest BCUT2D eigenvalue weighted by molar-refractivity contribution is 0.0950. The van der Waals surface area contributed by atoms with Gasteiger partial charge in [0.1, 0.15) is 0 Å². The van der Waals surface area contributed by atoms with E-state index in [0.29, 0.717) is 11.6 Å². The average Bonchev–Trinajstić information content (AvgIpc) is 3.12. The molecule has 98 valence electrons. The first-order valence-corrected chi connectivity index (χ1v) is 6.57. The van der Waals surface area contributed by atoms with Gasteiger partial charge in [-0.3, -0.25) is 4.79 Å². The molecule has 1 aromatic carbocycles. The lowest BCUT2D eigenvalue weighted by Crippen LogP contribution is -2.25. The van der Waals surface area contributed by atoms with Gasteiger partial charge in [0.05, 0.1) is 23.1 Å². The molecule has 1 N–H and O–H groups in total. The second kappa shape index (κ2) is 4.53. The second-order valence-electron chi connectivity index (χ2n) is 5.14. The van der Waals surface area contributed by atoms with E-state index in [-0.39, 0.29) is 5.91 Å². The highest BCUT2D eigenvalue weighted by Gasteiger charge is 2.25. The number of aryl methyl sites for hydroxylation is 1.